The lowest BCUT2D eigenvalue weighted by atomic mass is 10.1. The second kappa shape index (κ2) is 12.0. The van der Waals surface area contributed by atoms with E-state index in [9.17, 15) is 9.59 Å². The van der Waals surface area contributed by atoms with Gasteiger partial charge in [0, 0.05) is 22.6 Å². The summed E-state index contributed by atoms with van der Waals surface area (Å²) in [6.07, 6.45) is 1.32. The fourth-order valence-corrected chi connectivity index (χ4v) is 3.47. The second-order valence-corrected chi connectivity index (χ2v) is 8.29. The van der Waals surface area contributed by atoms with Crippen LogP contribution in [0, 0.1) is 6.92 Å². The van der Waals surface area contributed by atoms with Crippen molar-refractivity contribution < 1.29 is 14.3 Å². The summed E-state index contributed by atoms with van der Waals surface area (Å²) >= 11 is 9.77. The maximum Gasteiger partial charge on any atom is 0.261 e. The molecule has 0 fully saturated rings. The summed E-state index contributed by atoms with van der Waals surface area (Å²) in [4.78, 5) is 27.4. The van der Waals surface area contributed by atoms with E-state index in [0.717, 1.165) is 22.0 Å². The summed E-state index contributed by atoms with van der Waals surface area (Å²) in [7, 11) is 0. The Hall–Kier alpha value is -2.05. The summed E-state index contributed by atoms with van der Waals surface area (Å²) in [5.74, 6) is 0.165. The van der Waals surface area contributed by atoms with Crippen molar-refractivity contribution in [2.24, 2.45) is 0 Å². The van der Waals surface area contributed by atoms with Crippen LogP contribution >= 0.6 is 27.5 Å². The first-order valence-electron chi connectivity index (χ1n) is 10.1. The largest absolute Gasteiger partial charge is 0.484 e. The van der Waals surface area contributed by atoms with Crippen LogP contribution in [0.15, 0.2) is 46.9 Å². The Kier molecular flexibility index (Phi) is 9.66. The molecular formula is C23H28BrClN2O3. The van der Waals surface area contributed by atoms with Gasteiger partial charge in [0.15, 0.2) is 6.61 Å². The Bertz CT molecular complexity index is 875. The van der Waals surface area contributed by atoms with Gasteiger partial charge in [-0.1, -0.05) is 59.6 Å². The molecule has 7 heteroatoms. The number of rotatable bonds is 10. The number of ether oxygens (including phenoxy) is 1. The number of hydrogen-bond acceptors (Lipinski definition) is 3. The van der Waals surface area contributed by atoms with Crippen molar-refractivity contribution in [2.75, 3.05) is 13.2 Å². The third kappa shape index (κ3) is 6.74. The van der Waals surface area contributed by atoms with Crippen molar-refractivity contribution in [3.8, 4) is 5.75 Å². The molecule has 2 aromatic carbocycles. The smallest absolute Gasteiger partial charge is 0.261 e. The zero-order chi connectivity index (χ0) is 22.1. The topological polar surface area (TPSA) is 58.6 Å². The number of amides is 2. The SMILES string of the molecule is CCCNC(=O)[C@H](CC)N(Cc1ccccc1Cl)C(=O)COc1ccc(Br)c(C)c1. The van der Waals surface area contributed by atoms with E-state index in [0.29, 0.717) is 23.7 Å². The van der Waals surface area contributed by atoms with Crippen LogP contribution in [-0.4, -0.2) is 35.9 Å². The average molecular weight is 496 g/mol. The molecule has 1 N–H and O–H groups in total. The molecule has 0 bridgehead atoms. The average Bonchev–Trinajstić information content (AvgIpc) is 2.74. The number of carbonyl (C=O) groups is 2. The number of nitrogens with one attached hydrogen (secondary N) is 1. The number of halogens is 2. The molecule has 0 saturated carbocycles. The first kappa shape index (κ1) is 24.2. The maximum atomic E-state index is 13.1. The predicted octanol–water partition coefficient (Wildman–Crippen LogP) is 5.12. The zero-order valence-corrected chi connectivity index (χ0v) is 19.9. The number of hydrogen-bond donors (Lipinski definition) is 1. The standard InChI is InChI=1S/C23H28BrClN2O3/c1-4-12-26-23(29)21(5-2)27(14-17-8-6-7-9-20(17)25)22(28)15-30-18-10-11-19(24)16(3)13-18/h6-11,13,21H,4-5,12,14-15H2,1-3H3,(H,26,29)/t21-/m0/s1. The highest BCUT2D eigenvalue weighted by atomic mass is 79.9. The molecule has 2 amide bonds. The quantitative estimate of drug-likeness (QED) is 0.497. The number of benzene rings is 2. The van der Waals surface area contributed by atoms with E-state index in [1.165, 1.54) is 0 Å². The number of aryl methyl sites for hydroxylation is 1. The lowest BCUT2D eigenvalue weighted by Gasteiger charge is -2.30. The van der Waals surface area contributed by atoms with Crippen LogP contribution in [-0.2, 0) is 16.1 Å². The molecular weight excluding hydrogens is 468 g/mol. The Morgan fingerprint density at radius 3 is 2.57 bits per heavy atom. The predicted molar refractivity (Wildman–Crippen MR) is 124 cm³/mol. The molecule has 2 aromatic rings. The normalized spacial score (nSPS) is 11.6. The minimum Gasteiger partial charge on any atom is -0.484 e. The number of carbonyl (C=O) groups excluding carboxylic acids is 2. The van der Waals surface area contributed by atoms with Crippen molar-refractivity contribution >= 4 is 39.3 Å². The highest BCUT2D eigenvalue weighted by Gasteiger charge is 2.29. The van der Waals surface area contributed by atoms with Gasteiger partial charge in [0.25, 0.3) is 5.91 Å². The van der Waals surface area contributed by atoms with Crippen LogP contribution in [0.3, 0.4) is 0 Å². The van der Waals surface area contributed by atoms with E-state index in [-0.39, 0.29) is 25.0 Å². The first-order chi connectivity index (χ1) is 14.4. The van der Waals surface area contributed by atoms with Crippen molar-refractivity contribution in [2.45, 2.75) is 46.2 Å². The van der Waals surface area contributed by atoms with Gasteiger partial charge in [0.1, 0.15) is 11.8 Å². The molecule has 0 aromatic heterocycles. The minimum absolute atomic E-state index is 0.164. The molecule has 1 atom stereocenters. The highest BCUT2D eigenvalue weighted by molar-refractivity contribution is 9.10. The maximum absolute atomic E-state index is 13.1. The van der Waals surface area contributed by atoms with E-state index in [1.807, 2.05) is 51.1 Å². The lowest BCUT2D eigenvalue weighted by molar-refractivity contribution is -0.143. The summed E-state index contributed by atoms with van der Waals surface area (Å²) in [5, 5.41) is 3.45. The van der Waals surface area contributed by atoms with Crippen LogP contribution in [0.2, 0.25) is 5.02 Å². The van der Waals surface area contributed by atoms with E-state index in [1.54, 1.807) is 17.0 Å². The molecule has 0 unspecified atom stereocenters. The minimum atomic E-state index is -0.601. The molecule has 0 aliphatic carbocycles. The van der Waals surface area contributed by atoms with Crippen molar-refractivity contribution in [1.82, 2.24) is 10.2 Å². The summed E-state index contributed by atoms with van der Waals surface area (Å²) in [6, 6.07) is 12.3. The van der Waals surface area contributed by atoms with Gasteiger partial charge in [-0.25, -0.2) is 0 Å². The van der Waals surface area contributed by atoms with Gasteiger partial charge in [-0.2, -0.15) is 0 Å². The van der Waals surface area contributed by atoms with Gasteiger partial charge in [0.2, 0.25) is 5.91 Å². The third-order valence-electron chi connectivity index (χ3n) is 4.73. The molecule has 2 rings (SSSR count). The summed E-state index contributed by atoms with van der Waals surface area (Å²) in [5.41, 5.74) is 1.80. The summed E-state index contributed by atoms with van der Waals surface area (Å²) in [6.45, 7) is 6.47. The monoisotopic (exact) mass is 494 g/mol. The number of nitrogens with zero attached hydrogens (tertiary/aromatic N) is 1. The van der Waals surface area contributed by atoms with E-state index < -0.39 is 6.04 Å². The molecule has 162 valence electrons. The first-order valence-corrected chi connectivity index (χ1v) is 11.2. The third-order valence-corrected chi connectivity index (χ3v) is 5.98. The summed E-state index contributed by atoms with van der Waals surface area (Å²) < 4.78 is 6.70. The van der Waals surface area contributed by atoms with Gasteiger partial charge in [0.05, 0.1) is 0 Å². The Labute approximate surface area is 191 Å². The molecule has 0 aliphatic heterocycles. The van der Waals surface area contributed by atoms with Crippen LogP contribution in [0.1, 0.15) is 37.8 Å². The van der Waals surface area contributed by atoms with Crippen LogP contribution in [0.25, 0.3) is 0 Å². The Morgan fingerprint density at radius 2 is 1.93 bits per heavy atom. The highest BCUT2D eigenvalue weighted by Crippen LogP contribution is 2.23. The van der Waals surface area contributed by atoms with Crippen molar-refractivity contribution in [3.05, 3.63) is 63.1 Å². The molecule has 0 spiro atoms. The van der Waals surface area contributed by atoms with Crippen LogP contribution in [0.5, 0.6) is 5.75 Å². The van der Waals surface area contributed by atoms with Crippen molar-refractivity contribution in [1.29, 1.82) is 0 Å². The van der Waals surface area contributed by atoms with Gasteiger partial charge in [-0.05, 0) is 55.2 Å². The van der Waals surface area contributed by atoms with Crippen LogP contribution in [0.4, 0.5) is 0 Å². The Morgan fingerprint density at radius 1 is 1.20 bits per heavy atom. The van der Waals surface area contributed by atoms with Gasteiger partial charge < -0.3 is 15.0 Å². The molecule has 0 aliphatic rings. The fraction of sp³-hybridized carbons (Fsp3) is 0.391. The van der Waals surface area contributed by atoms with E-state index >= 15 is 0 Å². The second-order valence-electron chi connectivity index (χ2n) is 7.03. The van der Waals surface area contributed by atoms with Crippen LogP contribution < -0.4 is 10.1 Å². The molecule has 30 heavy (non-hydrogen) atoms. The molecule has 0 heterocycles. The fourth-order valence-electron chi connectivity index (χ4n) is 3.03. The zero-order valence-electron chi connectivity index (χ0n) is 17.6. The van der Waals surface area contributed by atoms with Gasteiger partial charge >= 0.3 is 0 Å². The molecule has 5 nitrogen and oxygen atoms in total. The molecule has 0 saturated heterocycles. The van der Waals surface area contributed by atoms with E-state index in [2.05, 4.69) is 21.2 Å². The lowest BCUT2D eigenvalue weighted by Crippen LogP contribution is -2.50. The van der Waals surface area contributed by atoms with E-state index in [4.69, 9.17) is 16.3 Å². The van der Waals surface area contributed by atoms with Gasteiger partial charge in [-0.3, -0.25) is 9.59 Å². The van der Waals surface area contributed by atoms with Crippen molar-refractivity contribution in [3.63, 3.8) is 0 Å². The molecule has 0 radical (unpaired) electrons. The Balaban J connectivity index is 2.21. The van der Waals surface area contributed by atoms with Gasteiger partial charge in [-0.15, -0.1) is 0 Å².